The van der Waals surface area contributed by atoms with Crippen molar-refractivity contribution in [2.24, 2.45) is 11.8 Å². The van der Waals surface area contributed by atoms with Gasteiger partial charge >= 0.3 is 0 Å². The van der Waals surface area contributed by atoms with Gasteiger partial charge in [0, 0.05) is 36.5 Å². The number of carbonyl (C=O) groups is 2. The average molecular weight is 596 g/mol. The number of amides is 2. The zero-order chi connectivity index (χ0) is 25.1. The van der Waals surface area contributed by atoms with Gasteiger partial charge in [0.2, 0.25) is 11.9 Å². The lowest BCUT2D eigenvalue weighted by atomic mass is 9.98. The molecule has 0 spiro atoms. The largest absolute Gasteiger partial charge is 0.339 e. The Bertz CT molecular complexity index is 1250. The topological polar surface area (TPSA) is 99.3 Å². The molecule has 1 aliphatic carbocycles. The molecule has 1 aromatic heterocycles. The van der Waals surface area contributed by atoms with E-state index in [2.05, 4.69) is 55.4 Å². The second-order valence-electron chi connectivity index (χ2n) is 9.50. The van der Waals surface area contributed by atoms with Gasteiger partial charge in [-0.3, -0.25) is 9.59 Å². The van der Waals surface area contributed by atoms with Crippen LogP contribution in [0, 0.1) is 15.4 Å². The van der Waals surface area contributed by atoms with Gasteiger partial charge in [-0.1, -0.05) is 19.1 Å². The molecule has 2 aliphatic rings. The fourth-order valence-corrected chi connectivity index (χ4v) is 4.54. The molecule has 2 amide bonds. The number of likely N-dealkylation sites (tertiary alicyclic amines) is 1. The van der Waals surface area contributed by atoms with Crippen molar-refractivity contribution in [3.63, 3.8) is 0 Å². The van der Waals surface area contributed by atoms with E-state index in [-0.39, 0.29) is 17.7 Å². The van der Waals surface area contributed by atoms with E-state index in [0.717, 1.165) is 59.4 Å². The van der Waals surface area contributed by atoms with Crippen molar-refractivity contribution in [3.05, 3.63) is 63.9 Å². The van der Waals surface area contributed by atoms with Crippen LogP contribution in [0.4, 0.5) is 28.8 Å². The molecule has 2 heterocycles. The van der Waals surface area contributed by atoms with Crippen molar-refractivity contribution >= 4 is 63.2 Å². The van der Waals surface area contributed by atoms with Crippen molar-refractivity contribution in [3.8, 4) is 0 Å². The fraction of sp³-hybridized carbons (Fsp3) is 0.333. The molecule has 3 N–H and O–H groups in total. The Balaban J connectivity index is 1.26. The molecule has 2 aromatic carbocycles. The Labute approximate surface area is 224 Å². The lowest BCUT2D eigenvalue weighted by Gasteiger charge is -2.30. The number of nitrogens with zero attached hydrogens (tertiary/aromatic N) is 3. The van der Waals surface area contributed by atoms with Crippen LogP contribution in [0.3, 0.4) is 0 Å². The maximum absolute atomic E-state index is 12.8. The van der Waals surface area contributed by atoms with Crippen LogP contribution >= 0.6 is 22.6 Å². The van der Waals surface area contributed by atoms with E-state index in [1.165, 1.54) is 0 Å². The molecule has 0 radical (unpaired) electrons. The van der Waals surface area contributed by atoms with Crippen molar-refractivity contribution < 1.29 is 9.59 Å². The van der Waals surface area contributed by atoms with Gasteiger partial charge in [-0.25, -0.2) is 4.98 Å². The number of rotatable bonds is 7. The maximum Gasteiger partial charge on any atom is 0.253 e. The van der Waals surface area contributed by atoms with Gasteiger partial charge in [-0.15, -0.1) is 0 Å². The van der Waals surface area contributed by atoms with Crippen LogP contribution in [0.25, 0.3) is 0 Å². The first kappa shape index (κ1) is 24.5. The number of piperidine rings is 1. The lowest BCUT2D eigenvalue weighted by molar-refractivity contribution is -0.117. The minimum atomic E-state index is 0.0563. The summed E-state index contributed by atoms with van der Waals surface area (Å²) in [6.45, 7) is 3.88. The Morgan fingerprint density at radius 3 is 2.33 bits per heavy atom. The van der Waals surface area contributed by atoms with Gasteiger partial charge in [0.1, 0.15) is 5.82 Å². The Kier molecular flexibility index (Phi) is 7.35. The van der Waals surface area contributed by atoms with Crippen molar-refractivity contribution in [1.29, 1.82) is 0 Å². The predicted molar refractivity (Wildman–Crippen MR) is 150 cm³/mol. The highest BCUT2D eigenvalue weighted by Crippen LogP contribution is 2.33. The van der Waals surface area contributed by atoms with E-state index >= 15 is 0 Å². The molecule has 3 aromatic rings. The zero-order valence-corrected chi connectivity index (χ0v) is 22.3. The van der Waals surface area contributed by atoms with Crippen molar-refractivity contribution in [2.75, 3.05) is 29.0 Å². The highest BCUT2D eigenvalue weighted by atomic mass is 127. The summed E-state index contributed by atoms with van der Waals surface area (Å²) in [4.78, 5) is 36.1. The quantitative estimate of drug-likeness (QED) is 0.299. The van der Waals surface area contributed by atoms with Gasteiger partial charge in [-0.05, 0) is 90.6 Å². The van der Waals surface area contributed by atoms with Crippen LogP contribution < -0.4 is 16.0 Å². The molecular weight excluding hydrogens is 567 g/mol. The van der Waals surface area contributed by atoms with Crippen molar-refractivity contribution in [1.82, 2.24) is 14.9 Å². The van der Waals surface area contributed by atoms with Gasteiger partial charge in [-0.2, -0.15) is 4.98 Å². The second kappa shape index (κ2) is 10.8. The molecule has 0 unspecified atom stereocenters. The molecule has 1 aliphatic heterocycles. The molecule has 5 rings (SSSR count). The van der Waals surface area contributed by atoms with Gasteiger partial charge in [0.15, 0.2) is 0 Å². The highest BCUT2D eigenvalue weighted by Gasteiger charge is 2.30. The van der Waals surface area contributed by atoms with E-state index in [1.54, 1.807) is 6.20 Å². The van der Waals surface area contributed by atoms with E-state index in [4.69, 9.17) is 0 Å². The van der Waals surface area contributed by atoms with Gasteiger partial charge < -0.3 is 20.9 Å². The van der Waals surface area contributed by atoms with Crippen LogP contribution in [-0.2, 0) is 4.79 Å². The van der Waals surface area contributed by atoms with Crippen LogP contribution in [0.1, 0.15) is 43.0 Å². The molecule has 9 heteroatoms. The SMILES string of the molecule is CC1CCN(C(=O)c2ccc(Nc3ncc(I)c(Nc4ccccc4NC(=O)C4CC4)n3)cc2)CC1. The molecular formula is C27H29IN6O2. The highest BCUT2D eigenvalue weighted by molar-refractivity contribution is 14.1. The number of carbonyl (C=O) groups excluding carboxylic acids is 2. The number of anilines is 5. The van der Waals surface area contributed by atoms with Crippen LogP contribution in [0.2, 0.25) is 0 Å². The summed E-state index contributed by atoms with van der Waals surface area (Å²) < 4.78 is 0.846. The van der Waals surface area contributed by atoms with Crippen LogP contribution in [0.15, 0.2) is 54.7 Å². The van der Waals surface area contributed by atoms with Crippen LogP contribution in [-0.4, -0.2) is 39.8 Å². The first-order valence-corrected chi connectivity index (χ1v) is 13.4. The van der Waals surface area contributed by atoms with E-state index < -0.39 is 0 Å². The molecule has 36 heavy (non-hydrogen) atoms. The average Bonchev–Trinajstić information content (AvgIpc) is 3.74. The summed E-state index contributed by atoms with van der Waals surface area (Å²) in [7, 11) is 0. The maximum atomic E-state index is 12.8. The third-order valence-electron chi connectivity index (χ3n) is 6.59. The number of hydrogen-bond acceptors (Lipinski definition) is 6. The Morgan fingerprint density at radius 1 is 0.944 bits per heavy atom. The normalized spacial score (nSPS) is 15.9. The summed E-state index contributed by atoms with van der Waals surface area (Å²) >= 11 is 2.18. The molecule has 8 nitrogen and oxygen atoms in total. The molecule has 1 saturated carbocycles. The van der Waals surface area contributed by atoms with E-state index in [9.17, 15) is 9.59 Å². The third-order valence-corrected chi connectivity index (χ3v) is 7.38. The number of nitrogens with one attached hydrogen (secondary N) is 3. The van der Waals surface area contributed by atoms with E-state index in [1.807, 2.05) is 53.4 Å². The molecule has 1 saturated heterocycles. The summed E-state index contributed by atoms with van der Waals surface area (Å²) in [5.74, 6) is 2.01. The molecule has 2 fully saturated rings. The summed E-state index contributed by atoms with van der Waals surface area (Å²) in [5, 5.41) is 9.56. The Hall–Kier alpha value is -3.21. The summed E-state index contributed by atoms with van der Waals surface area (Å²) in [5.41, 5.74) is 2.97. The fourth-order valence-electron chi connectivity index (χ4n) is 4.14. The van der Waals surface area contributed by atoms with Crippen LogP contribution in [0.5, 0.6) is 0 Å². The minimum absolute atomic E-state index is 0.0563. The zero-order valence-electron chi connectivity index (χ0n) is 20.1. The summed E-state index contributed by atoms with van der Waals surface area (Å²) in [6.07, 6.45) is 5.76. The third kappa shape index (κ3) is 5.95. The predicted octanol–water partition coefficient (Wildman–Crippen LogP) is 5.79. The minimum Gasteiger partial charge on any atom is -0.339 e. The molecule has 0 atom stereocenters. The monoisotopic (exact) mass is 596 g/mol. The number of aromatic nitrogens is 2. The number of halogens is 1. The number of para-hydroxylation sites is 2. The molecule has 0 bridgehead atoms. The standard InChI is InChI=1S/C27H29IN6O2/c1-17-12-14-34(15-13-17)26(36)19-8-10-20(11-9-19)30-27-29-16-21(28)24(33-27)31-22-4-2-3-5-23(22)32-25(35)18-6-7-18/h2-5,8-11,16-18H,6-7,12-15H2,1H3,(H,32,35)(H2,29,30,31,33). The van der Waals surface area contributed by atoms with Gasteiger partial charge in [0.05, 0.1) is 14.9 Å². The summed E-state index contributed by atoms with van der Waals surface area (Å²) in [6, 6.07) is 15.0. The molecule has 186 valence electrons. The smallest absolute Gasteiger partial charge is 0.253 e. The van der Waals surface area contributed by atoms with E-state index in [0.29, 0.717) is 23.2 Å². The first-order chi connectivity index (χ1) is 17.5. The van der Waals surface area contributed by atoms with Gasteiger partial charge in [0.25, 0.3) is 5.91 Å². The lowest BCUT2D eigenvalue weighted by Crippen LogP contribution is -2.37. The Morgan fingerprint density at radius 2 is 1.64 bits per heavy atom. The second-order valence-corrected chi connectivity index (χ2v) is 10.7. The first-order valence-electron chi connectivity index (χ1n) is 12.3. The van der Waals surface area contributed by atoms with Crippen molar-refractivity contribution in [2.45, 2.75) is 32.6 Å². The number of benzene rings is 2. The number of hydrogen-bond donors (Lipinski definition) is 3.